The fourth-order valence-electron chi connectivity index (χ4n) is 3.12. The molecule has 2 rings (SSSR count). The Morgan fingerprint density at radius 3 is 1.90 bits per heavy atom. The molecule has 0 spiro atoms. The van der Waals surface area contributed by atoms with Crippen LogP contribution in [0, 0.1) is 0 Å². The molecule has 0 heterocycles. The maximum Gasteiger partial charge on any atom is 0.416 e. The number of rotatable bonds is 10. The van der Waals surface area contributed by atoms with Gasteiger partial charge in [0.05, 0.1) is 23.8 Å². The molecule has 2 aromatic carbocycles. The zero-order chi connectivity index (χ0) is 29.6. The Labute approximate surface area is 226 Å². The molecule has 11 heteroatoms. The van der Waals surface area contributed by atoms with Crippen molar-refractivity contribution in [3.63, 3.8) is 0 Å². The quantitative estimate of drug-likeness (QED) is 0.162. The van der Waals surface area contributed by atoms with E-state index >= 15 is 0 Å². The van der Waals surface area contributed by atoms with E-state index in [2.05, 4.69) is 33.9 Å². The van der Waals surface area contributed by atoms with Crippen LogP contribution in [-0.4, -0.2) is 34.1 Å². The van der Waals surface area contributed by atoms with Crippen LogP contribution in [0.2, 0.25) is 18.1 Å². The molecule has 1 atom stereocenters. The SMILES string of the molecule is C[C@@H](OCC(=O)OC/C(=C/c1ccccc1)CO[Si](C)(C)C(C)(C)C)c1cc(C(F)(F)F)cc(C(F)(F)F)c1. The van der Waals surface area contributed by atoms with Crippen molar-refractivity contribution in [3.8, 4) is 0 Å². The summed E-state index contributed by atoms with van der Waals surface area (Å²) in [5, 5.41) is -0.0408. The molecule has 0 amide bonds. The van der Waals surface area contributed by atoms with Crippen LogP contribution >= 0.6 is 0 Å². The molecule has 2 aromatic rings. The lowest BCUT2D eigenvalue weighted by molar-refractivity contribution is -0.150. The summed E-state index contributed by atoms with van der Waals surface area (Å²) in [6.45, 7) is 11.2. The molecule has 39 heavy (non-hydrogen) atoms. The van der Waals surface area contributed by atoms with Crippen molar-refractivity contribution < 1.29 is 45.0 Å². The zero-order valence-corrected chi connectivity index (χ0v) is 23.8. The maximum absolute atomic E-state index is 13.2. The molecule has 4 nitrogen and oxygen atoms in total. The van der Waals surface area contributed by atoms with E-state index in [1.165, 1.54) is 6.92 Å². The van der Waals surface area contributed by atoms with E-state index in [1.54, 1.807) is 0 Å². The molecular formula is C28H34F6O4Si. The Balaban J connectivity index is 2.09. The van der Waals surface area contributed by atoms with Crippen LogP contribution < -0.4 is 0 Å². The van der Waals surface area contributed by atoms with Gasteiger partial charge >= 0.3 is 18.3 Å². The van der Waals surface area contributed by atoms with Gasteiger partial charge in [-0.25, -0.2) is 4.79 Å². The summed E-state index contributed by atoms with van der Waals surface area (Å²) in [5.41, 5.74) is -1.72. The molecular weight excluding hydrogens is 542 g/mol. The second-order valence-electron chi connectivity index (χ2n) is 10.7. The number of carbonyl (C=O) groups is 1. The molecule has 0 bridgehead atoms. The molecule has 0 aliphatic heterocycles. The number of benzene rings is 2. The minimum atomic E-state index is -4.98. The lowest BCUT2D eigenvalue weighted by atomic mass is 10.0. The van der Waals surface area contributed by atoms with Gasteiger partial charge in [0.25, 0.3) is 0 Å². The molecule has 0 aliphatic carbocycles. The fourth-order valence-corrected chi connectivity index (χ4v) is 4.10. The van der Waals surface area contributed by atoms with E-state index in [4.69, 9.17) is 13.9 Å². The molecule has 0 saturated heterocycles. The summed E-state index contributed by atoms with van der Waals surface area (Å²) in [6.07, 6.45) is -9.36. The summed E-state index contributed by atoms with van der Waals surface area (Å²) in [4.78, 5) is 12.4. The van der Waals surface area contributed by atoms with Crippen molar-refractivity contribution in [2.45, 2.75) is 64.3 Å². The highest BCUT2D eigenvalue weighted by Gasteiger charge is 2.38. The second-order valence-corrected chi connectivity index (χ2v) is 15.5. The smallest absolute Gasteiger partial charge is 0.416 e. The Hall–Kier alpha value is -2.63. The third kappa shape index (κ3) is 10.1. The molecule has 0 radical (unpaired) electrons. The number of hydrogen-bond donors (Lipinski definition) is 0. The first kappa shape index (κ1) is 32.6. The van der Waals surface area contributed by atoms with E-state index in [1.807, 2.05) is 36.4 Å². The predicted octanol–water partition coefficient (Wildman–Crippen LogP) is 8.45. The second kappa shape index (κ2) is 12.7. The van der Waals surface area contributed by atoms with Gasteiger partial charge in [-0.15, -0.1) is 0 Å². The van der Waals surface area contributed by atoms with Gasteiger partial charge in [0, 0.05) is 0 Å². The Bertz CT molecular complexity index is 1100. The normalized spacial score (nSPS) is 14.3. The minimum absolute atomic E-state index is 0.0387. The summed E-state index contributed by atoms with van der Waals surface area (Å²) >= 11 is 0. The number of hydrogen-bond acceptors (Lipinski definition) is 4. The van der Waals surface area contributed by atoms with Gasteiger partial charge in [0.2, 0.25) is 0 Å². The van der Waals surface area contributed by atoms with Crippen LogP contribution in [0.3, 0.4) is 0 Å². The van der Waals surface area contributed by atoms with Gasteiger partial charge < -0.3 is 13.9 Å². The van der Waals surface area contributed by atoms with Crippen molar-refractivity contribution in [2.75, 3.05) is 19.8 Å². The highest BCUT2D eigenvalue weighted by molar-refractivity contribution is 6.74. The zero-order valence-electron chi connectivity index (χ0n) is 22.8. The van der Waals surface area contributed by atoms with Crippen LogP contribution in [0.15, 0.2) is 54.1 Å². The summed E-state index contributed by atoms with van der Waals surface area (Å²) < 4.78 is 95.8. The summed E-state index contributed by atoms with van der Waals surface area (Å²) in [5.74, 6) is -0.823. The molecule has 0 fully saturated rings. The molecule has 0 aliphatic rings. The van der Waals surface area contributed by atoms with Crippen LogP contribution in [0.4, 0.5) is 26.3 Å². The predicted molar refractivity (Wildman–Crippen MR) is 139 cm³/mol. The van der Waals surface area contributed by atoms with E-state index < -0.39 is 50.5 Å². The van der Waals surface area contributed by atoms with Crippen molar-refractivity contribution in [2.24, 2.45) is 0 Å². The van der Waals surface area contributed by atoms with E-state index in [0.717, 1.165) is 5.56 Å². The average Bonchev–Trinajstić information content (AvgIpc) is 2.82. The summed E-state index contributed by atoms with van der Waals surface area (Å²) in [7, 11) is -2.11. The lowest BCUT2D eigenvalue weighted by Gasteiger charge is -2.36. The van der Waals surface area contributed by atoms with Gasteiger partial charge in [-0.05, 0) is 60.0 Å². The first-order chi connectivity index (χ1) is 17.8. The molecule has 0 N–H and O–H groups in total. The number of carbonyl (C=O) groups excluding carboxylic acids is 1. The first-order valence-corrected chi connectivity index (χ1v) is 15.2. The average molecular weight is 577 g/mol. The molecule has 0 unspecified atom stereocenters. The highest BCUT2D eigenvalue weighted by atomic mass is 28.4. The Kier molecular flexibility index (Phi) is 10.6. The summed E-state index contributed by atoms with van der Waals surface area (Å²) in [6, 6.07) is 10.5. The molecule has 0 saturated carbocycles. The van der Waals surface area contributed by atoms with Crippen molar-refractivity contribution >= 4 is 20.4 Å². The number of ether oxygens (including phenoxy) is 2. The van der Waals surface area contributed by atoms with Gasteiger partial charge in [-0.3, -0.25) is 0 Å². The van der Waals surface area contributed by atoms with Crippen LogP contribution in [0.5, 0.6) is 0 Å². The number of alkyl halides is 6. The van der Waals surface area contributed by atoms with Crippen LogP contribution in [0.1, 0.15) is 56.1 Å². The van der Waals surface area contributed by atoms with E-state index in [0.29, 0.717) is 17.7 Å². The van der Waals surface area contributed by atoms with Gasteiger partial charge in [0.1, 0.15) is 13.2 Å². The fraction of sp³-hybridized carbons (Fsp3) is 0.464. The monoisotopic (exact) mass is 576 g/mol. The Morgan fingerprint density at radius 1 is 0.872 bits per heavy atom. The maximum atomic E-state index is 13.2. The van der Waals surface area contributed by atoms with Gasteiger partial charge in [-0.1, -0.05) is 57.2 Å². The lowest BCUT2D eigenvalue weighted by Crippen LogP contribution is -2.41. The molecule has 0 aromatic heterocycles. The number of esters is 1. The van der Waals surface area contributed by atoms with Crippen molar-refractivity contribution in [3.05, 3.63) is 76.4 Å². The third-order valence-electron chi connectivity index (χ3n) is 6.54. The van der Waals surface area contributed by atoms with Crippen LogP contribution in [0.25, 0.3) is 6.08 Å². The van der Waals surface area contributed by atoms with E-state index in [9.17, 15) is 31.1 Å². The minimum Gasteiger partial charge on any atom is -0.459 e. The standard InChI is InChI=1S/C28H34F6O4Si/c1-19(22-13-23(27(29,30)31)15-24(14-22)28(32,33)34)36-18-25(35)37-16-21(12-20-10-8-7-9-11-20)17-38-39(5,6)26(2,3)4/h7-15,19H,16-18H2,1-6H3/b21-12-/t19-/m1/s1. The Morgan fingerprint density at radius 2 is 1.41 bits per heavy atom. The first-order valence-electron chi connectivity index (χ1n) is 12.2. The number of halogens is 6. The highest BCUT2D eigenvalue weighted by Crippen LogP contribution is 2.38. The topological polar surface area (TPSA) is 44.8 Å². The van der Waals surface area contributed by atoms with Crippen molar-refractivity contribution in [1.82, 2.24) is 0 Å². The van der Waals surface area contributed by atoms with Gasteiger partial charge in [-0.2, -0.15) is 26.3 Å². The van der Waals surface area contributed by atoms with Crippen molar-refractivity contribution in [1.29, 1.82) is 0 Å². The molecule has 216 valence electrons. The van der Waals surface area contributed by atoms with Crippen LogP contribution in [-0.2, 0) is 31.0 Å². The van der Waals surface area contributed by atoms with Gasteiger partial charge in [0.15, 0.2) is 8.32 Å². The largest absolute Gasteiger partial charge is 0.459 e. The van der Waals surface area contributed by atoms with E-state index in [-0.39, 0.29) is 29.9 Å². The third-order valence-corrected chi connectivity index (χ3v) is 11.0.